The maximum atomic E-state index is 13.8. The third-order valence-electron chi connectivity index (χ3n) is 5.76. The van der Waals surface area contributed by atoms with E-state index in [9.17, 15) is 8.42 Å². The summed E-state index contributed by atoms with van der Waals surface area (Å²) in [7, 11) is -0.107. The van der Waals surface area contributed by atoms with Crippen LogP contribution in [0.25, 0.3) is 0 Å². The van der Waals surface area contributed by atoms with Crippen LogP contribution in [0, 0.1) is 13.8 Å². The molecule has 0 amide bonds. The van der Waals surface area contributed by atoms with E-state index in [0.717, 1.165) is 41.9 Å². The van der Waals surface area contributed by atoms with Gasteiger partial charge in [-0.15, -0.1) is 0 Å². The summed E-state index contributed by atoms with van der Waals surface area (Å²) in [6.07, 6.45) is 0.822. The lowest BCUT2D eigenvalue weighted by Gasteiger charge is -2.36. The largest absolute Gasteiger partial charge is 0.495 e. The summed E-state index contributed by atoms with van der Waals surface area (Å²) in [4.78, 5) is 2.53. The first-order valence-corrected chi connectivity index (χ1v) is 10.7. The minimum absolute atomic E-state index is 0.0479. The predicted octanol–water partition coefficient (Wildman–Crippen LogP) is 3.31. The lowest BCUT2D eigenvalue weighted by Crippen LogP contribution is -2.47. The second kappa shape index (κ2) is 6.53. The molecule has 0 unspecified atom stereocenters. The van der Waals surface area contributed by atoms with E-state index in [1.807, 2.05) is 25.1 Å². The Bertz CT molecular complexity index is 987. The number of rotatable bonds is 3. The van der Waals surface area contributed by atoms with Crippen LogP contribution in [0.3, 0.4) is 0 Å². The molecule has 1 saturated heterocycles. The number of aryl methyl sites for hydroxylation is 2. The number of hydrogen-bond donors (Lipinski definition) is 0. The molecule has 4 rings (SSSR count). The average molecular weight is 387 g/mol. The number of nitrogens with zero attached hydrogens (tertiary/aromatic N) is 2. The molecule has 27 heavy (non-hydrogen) atoms. The Morgan fingerprint density at radius 2 is 1.78 bits per heavy atom. The number of ether oxygens (including phenoxy) is 1. The monoisotopic (exact) mass is 386 g/mol. The molecule has 2 heterocycles. The van der Waals surface area contributed by atoms with Gasteiger partial charge < -0.3 is 9.64 Å². The molecule has 144 valence electrons. The minimum Gasteiger partial charge on any atom is -0.495 e. The molecule has 5 nitrogen and oxygen atoms in total. The molecule has 0 radical (unpaired) electrons. The highest BCUT2D eigenvalue weighted by Crippen LogP contribution is 2.48. The molecule has 2 aromatic carbocycles. The van der Waals surface area contributed by atoms with Crippen LogP contribution in [0.5, 0.6) is 5.75 Å². The molecule has 0 N–H and O–H groups in total. The first-order valence-electron chi connectivity index (χ1n) is 9.31. The third-order valence-corrected chi connectivity index (χ3v) is 7.62. The SMILES string of the molecule is COc1ccc(C)cc1S(=O)(=O)N1c2ccc(C)cc2[C@H]2CN(C)CC[C@H]21. The molecule has 0 aromatic heterocycles. The van der Waals surface area contributed by atoms with Crippen LogP contribution in [-0.2, 0) is 10.0 Å². The number of fused-ring (bicyclic) bond motifs is 3. The van der Waals surface area contributed by atoms with Crippen LogP contribution in [0.4, 0.5) is 5.69 Å². The van der Waals surface area contributed by atoms with Gasteiger partial charge in [-0.1, -0.05) is 23.8 Å². The van der Waals surface area contributed by atoms with Gasteiger partial charge in [0.25, 0.3) is 10.0 Å². The summed E-state index contributed by atoms with van der Waals surface area (Å²) >= 11 is 0. The van der Waals surface area contributed by atoms with Crippen molar-refractivity contribution >= 4 is 15.7 Å². The fraction of sp³-hybridized carbons (Fsp3) is 0.429. The van der Waals surface area contributed by atoms with Gasteiger partial charge in [0.05, 0.1) is 18.8 Å². The fourth-order valence-electron chi connectivity index (χ4n) is 4.44. The lowest BCUT2D eigenvalue weighted by atomic mass is 9.89. The summed E-state index contributed by atoms with van der Waals surface area (Å²) < 4.78 is 34.6. The van der Waals surface area contributed by atoms with Gasteiger partial charge >= 0.3 is 0 Å². The number of benzene rings is 2. The standard InChI is InChI=1S/C21H26N2O3S/c1-14-5-7-18-16(11-14)17-13-22(3)10-9-19(17)23(18)27(24,25)21-12-15(2)6-8-20(21)26-4/h5-8,11-12,17,19H,9-10,13H2,1-4H3/t17-,19-/m1/s1. The molecular formula is C21H26N2O3S. The van der Waals surface area contributed by atoms with E-state index in [-0.39, 0.29) is 16.9 Å². The lowest BCUT2D eigenvalue weighted by molar-refractivity contribution is 0.237. The van der Waals surface area contributed by atoms with E-state index in [0.29, 0.717) is 5.75 Å². The Morgan fingerprint density at radius 3 is 2.52 bits per heavy atom. The Balaban J connectivity index is 1.89. The predicted molar refractivity (Wildman–Crippen MR) is 107 cm³/mol. The normalized spacial score (nSPS) is 22.4. The second-order valence-electron chi connectivity index (χ2n) is 7.74. The maximum absolute atomic E-state index is 13.8. The van der Waals surface area contributed by atoms with E-state index in [1.165, 1.54) is 7.11 Å². The van der Waals surface area contributed by atoms with E-state index in [4.69, 9.17) is 4.74 Å². The summed E-state index contributed by atoms with van der Waals surface area (Å²) in [5, 5.41) is 0. The zero-order valence-electron chi connectivity index (χ0n) is 16.3. The van der Waals surface area contributed by atoms with Crippen LogP contribution in [0.1, 0.15) is 29.0 Å². The zero-order valence-corrected chi connectivity index (χ0v) is 17.1. The van der Waals surface area contributed by atoms with Crippen molar-refractivity contribution in [2.45, 2.75) is 37.1 Å². The number of sulfonamides is 1. The molecule has 2 atom stereocenters. The maximum Gasteiger partial charge on any atom is 0.268 e. The van der Waals surface area contributed by atoms with Gasteiger partial charge in [-0.2, -0.15) is 0 Å². The number of piperidine rings is 1. The first kappa shape index (κ1) is 18.3. The van der Waals surface area contributed by atoms with Crippen molar-refractivity contribution in [3.05, 3.63) is 53.1 Å². The molecular weight excluding hydrogens is 360 g/mol. The van der Waals surface area contributed by atoms with Crippen LogP contribution < -0.4 is 9.04 Å². The van der Waals surface area contributed by atoms with E-state index in [2.05, 4.69) is 24.9 Å². The summed E-state index contributed by atoms with van der Waals surface area (Å²) in [6, 6.07) is 11.4. The van der Waals surface area contributed by atoms with E-state index >= 15 is 0 Å². The molecule has 0 saturated carbocycles. The summed E-state index contributed by atoms with van der Waals surface area (Å²) in [6.45, 7) is 5.73. The van der Waals surface area contributed by atoms with Crippen LogP contribution in [-0.4, -0.2) is 46.6 Å². The Kier molecular flexibility index (Phi) is 4.43. The van der Waals surface area contributed by atoms with Crippen LogP contribution in [0.15, 0.2) is 41.3 Å². The van der Waals surface area contributed by atoms with Gasteiger partial charge in [0.1, 0.15) is 10.6 Å². The van der Waals surface area contributed by atoms with E-state index < -0.39 is 10.0 Å². The summed E-state index contributed by atoms with van der Waals surface area (Å²) in [5.74, 6) is 0.592. The highest BCUT2D eigenvalue weighted by atomic mass is 32.2. The molecule has 0 spiro atoms. The smallest absolute Gasteiger partial charge is 0.268 e. The molecule has 2 aromatic rings. The van der Waals surface area contributed by atoms with Crippen molar-refractivity contribution < 1.29 is 13.2 Å². The number of anilines is 1. The van der Waals surface area contributed by atoms with Crippen molar-refractivity contribution in [1.29, 1.82) is 0 Å². The van der Waals surface area contributed by atoms with Crippen molar-refractivity contribution in [3.63, 3.8) is 0 Å². The van der Waals surface area contributed by atoms with Crippen molar-refractivity contribution in [1.82, 2.24) is 4.90 Å². The highest BCUT2D eigenvalue weighted by Gasteiger charge is 2.47. The van der Waals surface area contributed by atoms with Gasteiger partial charge in [-0.25, -0.2) is 8.42 Å². The van der Waals surface area contributed by atoms with Crippen molar-refractivity contribution in [2.75, 3.05) is 31.6 Å². The fourth-order valence-corrected chi connectivity index (χ4v) is 6.42. The Hall–Kier alpha value is -2.05. The van der Waals surface area contributed by atoms with E-state index in [1.54, 1.807) is 16.4 Å². The Morgan fingerprint density at radius 1 is 1.07 bits per heavy atom. The topological polar surface area (TPSA) is 49.9 Å². The van der Waals surface area contributed by atoms with Gasteiger partial charge in [0.2, 0.25) is 0 Å². The van der Waals surface area contributed by atoms with Crippen LogP contribution >= 0.6 is 0 Å². The zero-order chi connectivity index (χ0) is 19.3. The third kappa shape index (κ3) is 2.91. The Labute approximate surface area is 161 Å². The minimum atomic E-state index is -3.73. The average Bonchev–Trinajstić information content (AvgIpc) is 2.95. The number of likely N-dealkylation sites (tertiary alicyclic amines) is 1. The number of methoxy groups -OCH3 is 1. The molecule has 0 bridgehead atoms. The molecule has 6 heteroatoms. The molecule has 0 aliphatic carbocycles. The van der Waals surface area contributed by atoms with Crippen molar-refractivity contribution in [3.8, 4) is 5.75 Å². The summed E-state index contributed by atoms with van der Waals surface area (Å²) in [5.41, 5.74) is 4.02. The second-order valence-corrected chi connectivity index (χ2v) is 9.53. The van der Waals surface area contributed by atoms with Gasteiger partial charge in [0, 0.05) is 12.5 Å². The molecule has 2 aliphatic rings. The van der Waals surface area contributed by atoms with Gasteiger partial charge in [-0.05, 0) is 63.2 Å². The highest BCUT2D eigenvalue weighted by molar-refractivity contribution is 7.93. The number of hydrogen-bond acceptors (Lipinski definition) is 4. The molecule has 2 aliphatic heterocycles. The van der Waals surface area contributed by atoms with Crippen molar-refractivity contribution in [2.24, 2.45) is 0 Å². The van der Waals surface area contributed by atoms with Gasteiger partial charge in [0.15, 0.2) is 0 Å². The quantitative estimate of drug-likeness (QED) is 0.812. The van der Waals surface area contributed by atoms with Crippen LogP contribution in [0.2, 0.25) is 0 Å². The van der Waals surface area contributed by atoms with Gasteiger partial charge in [-0.3, -0.25) is 4.31 Å². The molecule has 1 fully saturated rings. The number of likely N-dealkylation sites (N-methyl/N-ethyl adjacent to an activating group) is 1. The first-order chi connectivity index (χ1) is 12.8.